The van der Waals surface area contributed by atoms with Gasteiger partial charge >= 0.3 is 0 Å². The van der Waals surface area contributed by atoms with E-state index in [1.54, 1.807) is 0 Å². The van der Waals surface area contributed by atoms with Crippen molar-refractivity contribution < 1.29 is 13.5 Å². The van der Waals surface area contributed by atoms with Crippen LogP contribution in [-0.4, -0.2) is 20.3 Å². The van der Waals surface area contributed by atoms with Crippen molar-refractivity contribution in [1.29, 1.82) is 0 Å². The van der Waals surface area contributed by atoms with Crippen LogP contribution in [0.15, 0.2) is 0 Å². The summed E-state index contributed by atoms with van der Waals surface area (Å²) in [6.07, 6.45) is 0.394. The zero-order valence-corrected chi connectivity index (χ0v) is 6.07. The summed E-state index contributed by atoms with van der Waals surface area (Å²) in [6.45, 7) is 0.358. The Labute approximate surface area is 57.4 Å². The molecule has 0 saturated carbocycles. The second kappa shape index (κ2) is 2.09. The Hall–Kier alpha value is 0.160. The maximum absolute atomic E-state index is 10.4. The molecule has 0 bridgehead atoms. The fourth-order valence-electron chi connectivity index (χ4n) is 0.678. The van der Waals surface area contributed by atoms with Crippen LogP contribution >= 0.6 is 10.7 Å². The molecule has 0 radical (unpaired) electrons. The molecule has 4 nitrogen and oxygen atoms in total. The second-order valence-electron chi connectivity index (χ2n) is 1.97. The topological polar surface area (TPSA) is 61.6 Å². The standard InChI is InChI=1S/C3H6ClNO3S/c4-9(7,8)3-1-2-5(3)6/h3,5H,1-2H2. The van der Waals surface area contributed by atoms with E-state index < -0.39 is 14.4 Å². The highest BCUT2D eigenvalue weighted by Gasteiger charge is 2.37. The third-order valence-corrected chi connectivity index (χ3v) is 3.18. The molecule has 2 atom stereocenters. The van der Waals surface area contributed by atoms with E-state index in [1.807, 2.05) is 0 Å². The highest BCUT2D eigenvalue weighted by Crippen LogP contribution is 2.08. The third-order valence-electron chi connectivity index (χ3n) is 1.35. The van der Waals surface area contributed by atoms with Crippen molar-refractivity contribution >= 4 is 19.7 Å². The van der Waals surface area contributed by atoms with Crippen LogP contribution < -0.4 is 5.06 Å². The number of hydrogen-bond donors (Lipinski definition) is 1. The first-order valence-electron chi connectivity index (χ1n) is 2.48. The van der Waals surface area contributed by atoms with Gasteiger partial charge in [-0.3, -0.25) is 0 Å². The molecule has 1 heterocycles. The van der Waals surface area contributed by atoms with Gasteiger partial charge in [0, 0.05) is 10.7 Å². The maximum atomic E-state index is 10.4. The lowest BCUT2D eigenvalue weighted by Crippen LogP contribution is -3.18. The quantitative estimate of drug-likeness (QED) is 0.393. The molecule has 1 saturated heterocycles. The smallest absolute Gasteiger partial charge is 0.286 e. The first kappa shape index (κ1) is 7.27. The zero-order valence-electron chi connectivity index (χ0n) is 4.50. The third kappa shape index (κ3) is 1.35. The molecule has 1 aliphatic rings. The molecule has 0 aromatic heterocycles. The van der Waals surface area contributed by atoms with Gasteiger partial charge in [-0.2, -0.15) is 0 Å². The van der Waals surface area contributed by atoms with Crippen LogP contribution in [0.4, 0.5) is 0 Å². The van der Waals surface area contributed by atoms with E-state index in [1.165, 1.54) is 0 Å². The molecule has 0 aromatic carbocycles. The summed E-state index contributed by atoms with van der Waals surface area (Å²) >= 11 is 0. The Balaban J connectivity index is 2.66. The molecule has 1 aliphatic heterocycles. The fourth-order valence-corrected chi connectivity index (χ4v) is 2.07. The van der Waals surface area contributed by atoms with Crippen molar-refractivity contribution in [2.45, 2.75) is 11.8 Å². The Morgan fingerprint density at radius 1 is 1.67 bits per heavy atom. The number of hydrogen-bond acceptors (Lipinski definition) is 3. The minimum absolute atomic E-state index is 0.259. The van der Waals surface area contributed by atoms with Crippen LogP contribution in [0.25, 0.3) is 0 Å². The summed E-state index contributed by atoms with van der Waals surface area (Å²) < 4.78 is 20.7. The molecule has 0 amide bonds. The molecule has 1 rings (SSSR count). The lowest BCUT2D eigenvalue weighted by molar-refractivity contribution is -0.902. The minimum atomic E-state index is -3.59. The molecule has 9 heavy (non-hydrogen) atoms. The zero-order chi connectivity index (χ0) is 7.07. The molecule has 6 heteroatoms. The summed E-state index contributed by atoms with van der Waals surface area (Å²) in [5, 5.41) is 9.25. The van der Waals surface area contributed by atoms with Gasteiger partial charge in [0.1, 0.15) is 0 Å². The largest absolute Gasteiger partial charge is 0.633 e. The van der Waals surface area contributed by atoms with Crippen molar-refractivity contribution in [2.75, 3.05) is 6.54 Å². The SMILES string of the molecule is O=S(=O)(Cl)C1CC[NH+]1[O-]. The summed E-state index contributed by atoms with van der Waals surface area (Å²) in [5.74, 6) is 0. The highest BCUT2D eigenvalue weighted by atomic mass is 35.7. The second-order valence-corrected chi connectivity index (χ2v) is 4.78. The van der Waals surface area contributed by atoms with E-state index in [0.29, 0.717) is 13.0 Å². The van der Waals surface area contributed by atoms with Gasteiger partial charge in [0.15, 0.2) is 0 Å². The Morgan fingerprint density at radius 3 is 2.22 bits per heavy atom. The van der Waals surface area contributed by atoms with Gasteiger partial charge < -0.3 is 10.3 Å². The summed E-state index contributed by atoms with van der Waals surface area (Å²) in [5.41, 5.74) is 0. The Morgan fingerprint density at radius 2 is 2.22 bits per heavy atom. The summed E-state index contributed by atoms with van der Waals surface area (Å²) in [7, 11) is 1.29. The average molecular weight is 172 g/mol. The maximum Gasteiger partial charge on any atom is 0.286 e. The lowest BCUT2D eigenvalue weighted by Gasteiger charge is -2.37. The molecule has 0 aliphatic carbocycles. The van der Waals surface area contributed by atoms with Gasteiger partial charge in [0.2, 0.25) is 5.37 Å². The molecule has 0 spiro atoms. The van der Waals surface area contributed by atoms with E-state index in [2.05, 4.69) is 0 Å². The van der Waals surface area contributed by atoms with Gasteiger partial charge in [-0.25, -0.2) is 8.42 Å². The predicted octanol–water partition coefficient (Wildman–Crippen LogP) is -1.33. The first-order valence-corrected chi connectivity index (χ1v) is 4.85. The highest BCUT2D eigenvalue weighted by molar-refractivity contribution is 8.14. The molecular formula is C3H6ClNO3S. The minimum Gasteiger partial charge on any atom is -0.633 e. The van der Waals surface area contributed by atoms with E-state index in [0.717, 1.165) is 0 Å². The lowest BCUT2D eigenvalue weighted by atomic mass is 10.3. The number of rotatable bonds is 1. The average Bonchev–Trinajstić information content (AvgIpc) is 1.57. The van der Waals surface area contributed by atoms with Crippen LogP contribution in [0.2, 0.25) is 0 Å². The normalized spacial score (nSPS) is 35.8. The van der Waals surface area contributed by atoms with E-state index in [4.69, 9.17) is 10.7 Å². The van der Waals surface area contributed by atoms with Crippen molar-refractivity contribution in [3.63, 3.8) is 0 Å². The molecule has 0 aromatic rings. The van der Waals surface area contributed by atoms with Crippen LogP contribution in [0, 0.1) is 5.21 Å². The van der Waals surface area contributed by atoms with Crippen molar-refractivity contribution in [3.8, 4) is 0 Å². The van der Waals surface area contributed by atoms with Crippen LogP contribution in [-0.2, 0) is 9.05 Å². The monoisotopic (exact) mass is 171 g/mol. The molecule has 1 N–H and O–H groups in total. The van der Waals surface area contributed by atoms with E-state index in [9.17, 15) is 13.6 Å². The Kier molecular flexibility index (Phi) is 1.69. The van der Waals surface area contributed by atoms with Gasteiger partial charge in [-0.15, -0.1) is 0 Å². The van der Waals surface area contributed by atoms with E-state index >= 15 is 0 Å². The molecule has 54 valence electrons. The predicted molar refractivity (Wildman–Crippen MR) is 32.4 cm³/mol. The van der Waals surface area contributed by atoms with Crippen LogP contribution in [0.5, 0.6) is 0 Å². The number of nitrogens with one attached hydrogen (secondary N) is 1. The number of hydroxylamine groups is 2. The van der Waals surface area contributed by atoms with Gasteiger partial charge in [-0.1, -0.05) is 0 Å². The Bertz CT molecular complexity index is 201. The molecule has 1 fully saturated rings. The molecular weight excluding hydrogens is 166 g/mol. The first-order chi connectivity index (χ1) is 4.02. The van der Waals surface area contributed by atoms with Gasteiger partial charge in [0.05, 0.1) is 13.0 Å². The summed E-state index contributed by atoms with van der Waals surface area (Å²) in [6, 6.07) is 0. The molecule has 2 unspecified atom stereocenters. The van der Waals surface area contributed by atoms with Gasteiger partial charge in [0.25, 0.3) is 9.05 Å². The van der Waals surface area contributed by atoms with Crippen molar-refractivity contribution in [3.05, 3.63) is 5.21 Å². The fraction of sp³-hybridized carbons (Fsp3) is 1.00. The summed E-state index contributed by atoms with van der Waals surface area (Å²) in [4.78, 5) is 0. The van der Waals surface area contributed by atoms with Crippen LogP contribution in [0.3, 0.4) is 0 Å². The number of quaternary nitrogens is 1. The van der Waals surface area contributed by atoms with Crippen molar-refractivity contribution in [1.82, 2.24) is 0 Å². The van der Waals surface area contributed by atoms with Gasteiger partial charge in [-0.05, 0) is 0 Å². The van der Waals surface area contributed by atoms with Crippen LogP contribution in [0.1, 0.15) is 6.42 Å². The van der Waals surface area contributed by atoms with Crippen molar-refractivity contribution in [2.24, 2.45) is 0 Å². The number of halogens is 1. The van der Waals surface area contributed by atoms with E-state index in [-0.39, 0.29) is 5.06 Å².